The Balaban J connectivity index is 1.63. The molecule has 0 atom stereocenters. The molecule has 0 aromatic heterocycles. The van der Waals surface area contributed by atoms with Crippen LogP contribution in [-0.4, -0.2) is 29.9 Å². The van der Waals surface area contributed by atoms with E-state index in [1.54, 1.807) is 12.1 Å². The van der Waals surface area contributed by atoms with E-state index in [4.69, 9.17) is 49.0 Å². The highest BCUT2D eigenvalue weighted by Gasteiger charge is 2.27. The monoisotopic (exact) mass is 546 g/mol. The zero-order chi connectivity index (χ0) is 26.0. The quantitative estimate of drug-likeness (QED) is 0.120. The largest absolute Gasteiger partial charge is 0.493 e. The fourth-order valence-corrected chi connectivity index (χ4v) is 3.71. The van der Waals surface area contributed by atoms with Gasteiger partial charge < -0.3 is 14.2 Å². The number of halogens is 3. The molecule has 0 aliphatic carbocycles. The normalized spacial score (nSPS) is 13.8. The first-order chi connectivity index (χ1) is 17.2. The second-order valence-corrected chi connectivity index (χ2v) is 8.44. The Bertz CT molecular complexity index is 1470. The number of cyclic esters (lactones) is 1. The summed E-state index contributed by atoms with van der Waals surface area (Å²) in [7, 11) is 1.36. The number of esters is 2. The third-order valence-corrected chi connectivity index (χ3v) is 5.69. The zero-order valence-corrected chi connectivity index (χ0v) is 20.4. The molecule has 0 amide bonds. The van der Waals surface area contributed by atoms with Gasteiger partial charge in [0.15, 0.2) is 17.2 Å². The van der Waals surface area contributed by atoms with Gasteiger partial charge in [-0.15, -0.1) is 0 Å². The van der Waals surface area contributed by atoms with E-state index in [1.807, 2.05) is 0 Å². The Labute approximate surface area is 218 Å². The maximum Gasteiger partial charge on any atom is 0.363 e. The number of aliphatic imine (C=N–C) groups is 1. The van der Waals surface area contributed by atoms with Gasteiger partial charge in [0.2, 0.25) is 5.90 Å². The van der Waals surface area contributed by atoms with Crippen molar-refractivity contribution in [3.8, 4) is 11.5 Å². The van der Waals surface area contributed by atoms with Crippen molar-refractivity contribution in [2.24, 2.45) is 4.99 Å². The number of hydrogen-bond donors (Lipinski definition) is 0. The van der Waals surface area contributed by atoms with Gasteiger partial charge in [0.05, 0.1) is 22.6 Å². The Kier molecular flexibility index (Phi) is 7.25. The van der Waals surface area contributed by atoms with Crippen LogP contribution in [0.15, 0.2) is 65.3 Å². The Morgan fingerprint density at radius 1 is 1.06 bits per heavy atom. The van der Waals surface area contributed by atoms with Crippen molar-refractivity contribution in [2.75, 3.05) is 7.11 Å². The minimum atomic E-state index is -0.782. The number of carbonyl (C=O) groups is 2. The van der Waals surface area contributed by atoms with Crippen LogP contribution in [0.5, 0.6) is 11.5 Å². The van der Waals surface area contributed by atoms with Gasteiger partial charge in [-0.05, 0) is 60.2 Å². The highest BCUT2D eigenvalue weighted by atomic mass is 35.5. The fraction of sp³-hybridized carbons (Fsp3) is 0.0417. The first-order valence-electron chi connectivity index (χ1n) is 9.98. The van der Waals surface area contributed by atoms with Gasteiger partial charge in [-0.2, -0.15) is 0 Å². The minimum Gasteiger partial charge on any atom is -0.493 e. The summed E-state index contributed by atoms with van der Waals surface area (Å²) in [5.74, 6) is -1.48. The topological polar surface area (TPSA) is 117 Å². The van der Waals surface area contributed by atoms with Crippen molar-refractivity contribution in [2.45, 2.75) is 0 Å². The third kappa shape index (κ3) is 5.33. The number of nitrogens with zero attached hydrogens (tertiary/aromatic N) is 2. The van der Waals surface area contributed by atoms with Gasteiger partial charge in [0.1, 0.15) is 5.02 Å². The number of nitro benzene ring substituents is 1. The number of ether oxygens (including phenoxy) is 3. The molecule has 0 radical (unpaired) electrons. The van der Waals surface area contributed by atoms with Crippen molar-refractivity contribution >= 4 is 64.4 Å². The molecule has 1 aliphatic rings. The molecule has 182 valence electrons. The van der Waals surface area contributed by atoms with Crippen LogP contribution in [0.1, 0.15) is 21.5 Å². The molecular formula is C24H13Cl3N2O7. The number of carbonyl (C=O) groups excluding carboxylic acids is 2. The second kappa shape index (κ2) is 10.4. The zero-order valence-electron chi connectivity index (χ0n) is 18.2. The highest BCUT2D eigenvalue weighted by molar-refractivity contribution is 6.33. The van der Waals surface area contributed by atoms with Crippen molar-refractivity contribution in [3.05, 3.63) is 102 Å². The predicted molar refractivity (Wildman–Crippen MR) is 133 cm³/mol. The molecule has 36 heavy (non-hydrogen) atoms. The second-order valence-electron chi connectivity index (χ2n) is 7.19. The van der Waals surface area contributed by atoms with E-state index in [2.05, 4.69) is 4.99 Å². The number of hydrogen-bond acceptors (Lipinski definition) is 8. The number of benzene rings is 3. The Hall–Kier alpha value is -3.92. The molecule has 3 aromatic rings. The van der Waals surface area contributed by atoms with Crippen molar-refractivity contribution in [1.82, 2.24) is 0 Å². The van der Waals surface area contributed by atoms with Crippen molar-refractivity contribution < 1.29 is 28.7 Å². The first-order valence-corrected chi connectivity index (χ1v) is 11.1. The molecule has 9 nitrogen and oxygen atoms in total. The Morgan fingerprint density at radius 3 is 2.44 bits per heavy atom. The van der Waals surface area contributed by atoms with Crippen molar-refractivity contribution in [3.63, 3.8) is 0 Å². The van der Waals surface area contributed by atoms with E-state index < -0.39 is 16.9 Å². The van der Waals surface area contributed by atoms with Crippen LogP contribution in [0.3, 0.4) is 0 Å². The summed E-state index contributed by atoms with van der Waals surface area (Å²) >= 11 is 18.0. The molecule has 0 fully saturated rings. The molecule has 0 spiro atoms. The van der Waals surface area contributed by atoms with E-state index >= 15 is 0 Å². The molecular weight excluding hydrogens is 535 g/mol. The lowest BCUT2D eigenvalue weighted by Gasteiger charge is -2.12. The van der Waals surface area contributed by atoms with Crippen LogP contribution in [-0.2, 0) is 9.53 Å². The molecule has 0 N–H and O–H groups in total. The van der Waals surface area contributed by atoms with Crippen LogP contribution in [0.25, 0.3) is 6.08 Å². The molecule has 0 bridgehead atoms. The van der Waals surface area contributed by atoms with Crippen LogP contribution in [0.4, 0.5) is 5.69 Å². The van der Waals surface area contributed by atoms with Gasteiger partial charge >= 0.3 is 11.9 Å². The molecule has 0 saturated heterocycles. The summed E-state index contributed by atoms with van der Waals surface area (Å²) in [4.78, 5) is 39.5. The average Bonchev–Trinajstić information content (AvgIpc) is 3.20. The van der Waals surface area contributed by atoms with Gasteiger partial charge in [0.25, 0.3) is 5.69 Å². The van der Waals surface area contributed by atoms with E-state index in [9.17, 15) is 19.7 Å². The number of nitro groups is 1. The Morgan fingerprint density at radius 2 is 1.78 bits per heavy atom. The van der Waals surface area contributed by atoms with Gasteiger partial charge in [-0.1, -0.05) is 34.8 Å². The summed E-state index contributed by atoms with van der Waals surface area (Å²) in [5, 5.41) is 11.6. The molecule has 3 aromatic carbocycles. The molecule has 0 saturated carbocycles. The summed E-state index contributed by atoms with van der Waals surface area (Å²) < 4.78 is 15.9. The molecule has 0 unspecified atom stereocenters. The van der Waals surface area contributed by atoms with E-state index in [0.717, 1.165) is 6.07 Å². The van der Waals surface area contributed by atoms with Crippen LogP contribution in [0.2, 0.25) is 15.1 Å². The summed E-state index contributed by atoms with van der Waals surface area (Å²) in [5.41, 5.74) is 0.393. The lowest BCUT2D eigenvalue weighted by atomic mass is 10.1. The smallest absolute Gasteiger partial charge is 0.363 e. The van der Waals surface area contributed by atoms with Crippen LogP contribution >= 0.6 is 34.8 Å². The van der Waals surface area contributed by atoms with E-state index in [-0.39, 0.29) is 50.0 Å². The third-order valence-electron chi connectivity index (χ3n) is 4.84. The van der Waals surface area contributed by atoms with Crippen LogP contribution < -0.4 is 9.47 Å². The van der Waals surface area contributed by atoms with Gasteiger partial charge in [-0.3, -0.25) is 10.1 Å². The van der Waals surface area contributed by atoms with E-state index in [0.29, 0.717) is 10.6 Å². The number of methoxy groups -OCH3 is 1. The fourth-order valence-electron chi connectivity index (χ4n) is 3.14. The number of rotatable bonds is 6. The lowest BCUT2D eigenvalue weighted by Crippen LogP contribution is -2.09. The predicted octanol–water partition coefficient (Wildman–Crippen LogP) is 6.13. The van der Waals surface area contributed by atoms with Crippen molar-refractivity contribution in [1.29, 1.82) is 0 Å². The molecule has 1 aliphatic heterocycles. The molecule has 12 heteroatoms. The van der Waals surface area contributed by atoms with E-state index in [1.165, 1.54) is 49.6 Å². The summed E-state index contributed by atoms with van der Waals surface area (Å²) in [6, 6.07) is 12.9. The summed E-state index contributed by atoms with van der Waals surface area (Å²) in [6.45, 7) is 0. The SMILES string of the molecule is COc1cc(/C=C2\N=C(c3ccc(Cl)c([N+](=O)[O-])c3)OC2=O)cc(Cl)c1OC(=O)c1ccc(Cl)cc1. The minimum absolute atomic E-state index is 0.0204. The maximum atomic E-state index is 12.5. The molecule has 1 heterocycles. The van der Waals surface area contributed by atoms with Gasteiger partial charge in [0, 0.05) is 16.7 Å². The van der Waals surface area contributed by atoms with Gasteiger partial charge in [-0.25, -0.2) is 14.6 Å². The standard InChI is InChI=1S/C24H13Cl3N2O7/c1-34-20-10-12(8-17(27)21(20)35-23(30)13-2-5-15(25)6-3-13)9-18-24(31)36-22(28-18)14-4-7-16(26)19(11-14)29(32)33/h2-11H,1H3/b18-9-. The highest BCUT2D eigenvalue weighted by Crippen LogP contribution is 2.38. The van der Waals surface area contributed by atoms with Crippen LogP contribution in [0, 0.1) is 10.1 Å². The lowest BCUT2D eigenvalue weighted by molar-refractivity contribution is -0.384. The molecule has 4 rings (SSSR count). The maximum absolute atomic E-state index is 12.5. The first kappa shape index (κ1) is 25.2. The summed E-state index contributed by atoms with van der Waals surface area (Å²) in [6.07, 6.45) is 1.37. The average molecular weight is 548 g/mol.